The summed E-state index contributed by atoms with van der Waals surface area (Å²) in [6.45, 7) is 0.465. The first-order valence-corrected chi connectivity index (χ1v) is 6.31. The van der Waals surface area contributed by atoms with Gasteiger partial charge < -0.3 is 10.5 Å². The van der Waals surface area contributed by atoms with Gasteiger partial charge in [0.25, 0.3) is 0 Å². The van der Waals surface area contributed by atoms with Crippen LogP contribution >= 0.6 is 0 Å². The van der Waals surface area contributed by atoms with Gasteiger partial charge >= 0.3 is 0 Å². The van der Waals surface area contributed by atoms with Crippen LogP contribution in [0.1, 0.15) is 5.56 Å². The van der Waals surface area contributed by atoms with Crippen LogP contribution in [0.5, 0.6) is 11.5 Å². The van der Waals surface area contributed by atoms with Crippen molar-refractivity contribution in [1.82, 2.24) is 0 Å². The number of nitrogens with two attached hydrogens (primary N) is 1. The molecule has 0 aliphatic rings. The molecule has 3 aromatic carbocycles. The molecule has 0 aliphatic carbocycles. The normalized spacial score (nSPS) is 10.6. The summed E-state index contributed by atoms with van der Waals surface area (Å²) in [5.41, 5.74) is 6.83. The minimum atomic E-state index is 0.465. The molecule has 2 N–H and O–H groups in total. The molecular weight excluding hydrogens is 234 g/mol. The highest BCUT2D eigenvalue weighted by molar-refractivity contribution is 5.85. The predicted octanol–water partition coefficient (Wildman–Crippen LogP) is 4.09. The molecule has 3 aromatic rings. The Kier molecular flexibility index (Phi) is 3.17. The van der Waals surface area contributed by atoms with Crippen LogP contribution in [-0.2, 0) is 6.54 Å². The van der Waals surface area contributed by atoms with Gasteiger partial charge in [0.2, 0.25) is 0 Å². The van der Waals surface area contributed by atoms with Crippen LogP contribution < -0.4 is 10.5 Å². The minimum absolute atomic E-state index is 0.465. The van der Waals surface area contributed by atoms with Gasteiger partial charge in [-0.2, -0.15) is 0 Å². The lowest BCUT2D eigenvalue weighted by Gasteiger charge is -2.11. The van der Waals surface area contributed by atoms with Crippen molar-refractivity contribution in [3.8, 4) is 11.5 Å². The topological polar surface area (TPSA) is 35.2 Å². The molecule has 0 fully saturated rings. The Labute approximate surface area is 112 Å². The molecule has 3 rings (SSSR count). The van der Waals surface area contributed by atoms with E-state index in [2.05, 4.69) is 18.2 Å². The van der Waals surface area contributed by atoms with Crippen LogP contribution in [0, 0.1) is 0 Å². The molecule has 0 spiro atoms. The minimum Gasteiger partial charge on any atom is -0.457 e. The molecule has 0 heterocycles. The third-order valence-electron chi connectivity index (χ3n) is 3.12. The molecule has 0 saturated heterocycles. The van der Waals surface area contributed by atoms with E-state index in [9.17, 15) is 0 Å². The second-order valence-corrected chi connectivity index (χ2v) is 4.43. The van der Waals surface area contributed by atoms with Gasteiger partial charge in [0.15, 0.2) is 0 Å². The second-order valence-electron chi connectivity index (χ2n) is 4.43. The number of ether oxygens (including phenoxy) is 1. The smallest absolute Gasteiger partial charge is 0.132 e. The monoisotopic (exact) mass is 249 g/mol. The van der Waals surface area contributed by atoms with E-state index in [1.165, 1.54) is 5.39 Å². The highest BCUT2D eigenvalue weighted by atomic mass is 16.5. The van der Waals surface area contributed by atoms with Gasteiger partial charge in [-0.25, -0.2) is 0 Å². The van der Waals surface area contributed by atoms with Crippen LogP contribution in [0.15, 0.2) is 66.7 Å². The molecule has 2 nitrogen and oxygen atoms in total. The van der Waals surface area contributed by atoms with Crippen molar-refractivity contribution < 1.29 is 4.74 Å². The molecule has 0 bridgehead atoms. The van der Waals surface area contributed by atoms with Gasteiger partial charge in [-0.1, -0.05) is 42.5 Å². The van der Waals surface area contributed by atoms with Crippen LogP contribution in [-0.4, -0.2) is 0 Å². The highest BCUT2D eigenvalue weighted by Gasteiger charge is 2.06. The Hall–Kier alpha value is -2.32. The van der Waals surface area contributed by atoms with Crippen molar-refractivity contribution in [2.24, 2.45) is 5.73 Å². The first-order valence-electron chi connectivity index (χ1n) is 6.31. The maximum Gasteiger partial charge on any atom is 0.132 e. The van der Waals surface area contributed by atoms with Crippen molar-refractivity contribution in [2.45, 2.75) is 6.54 Å². The summed E-state index contributed by atoms with van der Waals surface area (Å²) in [5.74, 6) is 1.65. The Bertz CT molecular complexity index is 692. The summed E-state index contributed by atoms with van der Waals surface area (Å²) in [6.07, 6.45) is 0. The van der Waals surface area contributed by atoms with E-state index >= 15 is 0 Å². The highest BCUT2D eigenvalue weighted by Crippen LogP contribution is 2.29. The zero-order valence-corrected chi connectivity index (χ0v) is 10.5. The number of benzene rings is 3. The number of hydrogen-bond acceptors (Lipinski definition) is 2. The van der Waals surface area contributed by atoms with Crippen molar-refractivity contribution in [2.75, 3.05) is 0 Å². The lowest BCUT2D eigenvalue weighted by Crippen LogP contribution is -1.99. The van der Waals surface area contributed by atoms with Crippen molar-refractivity contribution in [3.05, 3.63) is 72.3 Å². The van der Waals surface area contributed by atoms with Crippen LogP contribution in [0.25, 0.3) is 10.8 Å². The largest absolute Gasteiger partial charge is 0.457 e. The van der Waals surface area contributed by atoms with Gasteiger partial charge in [-0.05, 0) is 35.0 Å². The number of fused-ring (bicyclic) bond motifs is 1. The molecule has 2 heteroatoms. The maximum atomic E-state index is 5.93. The van der Waals surface area contributed by atoms with Crippen LogP contribution in [0.3, 0.4) is 0 Å². The van der Waals surface area contributed by atoms with Gasteiger partial charge in [-0.15, -0.1) is 0 Å². The summed E-state index contributed by atoms with van der Waals surface area (Å²) in [4.78, 5) is 0. The van der Waals surface area contributed by atoms with E-state index in [4.69, 9.17) is 10.5 Å². The molecule has 19 heavy (non-hydrogen) atoms. The zero-order chi connectivity index (χ0) is 13.1. The molecule has 0 atom stereocenters. The summed E-state index contributed by atoms with van der Waals surface area (Å²) in [7, 11) is 0. The average Bonchev–Trinajstić information content (AvgIpc) is 2.47. The van der Waals surface area contributed by atoms with Crippen molar-refractivity contribution in [1.29, 1.82) is 0 Å². The lowest BCUT2D eigenvalue weighted by molar-refractivity contribution is 0.477. The number of rotatable bonds is 3. The standard InChI is InChI=1S/C17H15NO/c18-12-15-10-13-6-4-5-7-14(13)11-17(15)19-16-8-2-1-3-9-16/h1-11H,12,18H2. The van der Waals surface area contributed by atoms with Gasteiger partial charge in [0, 0.05) is 12.1 Å². The second kappa shape index (κ2) is 5.12. The average molecular weight is 249 g/mol. The molecule has 0 saturated carbocycles. The van der Waals surface area contributed by atoms with Crippen LogP contribution in [0.4, 0.5) is 0 Å². The first kappa shape index (κ1) is 11.8. The van der Waals surface area contributed by atoms with E-state index in [0.29, 0.717) is 6.54 Å². The summed E-state index contributed by atoms with van der Waals surface area (Å²) in [5, 5.41) is 2.34. The first-order chi connectivity index (χ1) is 9.36. The fourth-order valence-corrected chi connectivity index (χ4v) is 2.14. The third kappa shape index (κ3) is 2.44. The molecule has 94 valence electrons. The summed E-state index contributed by atoms with van der Waals surface area (Å²) in [6, 6.07) is 22.1. The van der Waals surface area contributed by atoms with Gasteiger partial charge in [0.05, 0.1) is 0 Å². The molecule has 0 aliphatic heterocycles. The summed E-state index contributed by atoms with van der Waals surface area (Å²) < 4.78 is 5.93. The van der Waals surface area contributed by atoms with E-state index in [0.717, 1.165) is 22.4 Å². The van der Waals surface area contributed by atoms with Crippen molar-refractivity contribution in [3.63, 3.8) is 0 Å². The van der Waals surface area contributed by atoms with Crippen molar-refractivity contribution >= 4 is 10.8 Å². The zero-order valence-electron chi connectivity index (χ0n) is 10.5. The van der Waals surface area contributed by atoms with E-state index < -0.39 is 0 Å². The van der Waals surface area contributed by atoms with Crippen LogP contribution in [0.2, 0.25) is 0 Å². The Morgan fingerprint density at radius 1 is 0.789 bits per heavy atom. The fourth-order valence-electron chi connectivity index (χ4n) is 2.14. The predicted molar refractivity (Wildman–Crippen MR) is 78.4 cm³/mol. The molecular formula is C17H15NO. The number of hydrogen-bond donors (Lipinski definition) is 1. The Morgan fingerprint density at radius 2 is 1.42 bits per heavy atom. The maximum absolute atomic E-state index is 5.93. The fraction of sp³-hybridized carbons (Fsp3) is 0.0588. The van der Waals surface area contributed by atoms with E-state index in [-0.39, 0.29) is 0 Å². The quantitative estimate of drug-likeness (QED) is 0.758. The lowest BCUT2D eigenvalue weighted by atomic mass is 10.1. The van der Waals surface area contributed by atoms with E-state index in [1.54, 1.807) is 0 Å². The SMILES string of the molecule is NCc1cc2ccccc2cc1Oc1ccccc1. The van der Waals surface area contributed by atoms with Gasteiger partial charge in [0.1, 0.15) is 11.5 Å². The Morgan fingerprint density at radius 3 is 2.11 bits per heavy atom. The Balaban J connectivity index is 2.06. The van der Waals surface area contributed by atoms with E-state index in [1.807, 2.05) is 48.5 Å². The summed E-state index contributed by atoms with van der Waals surface area (Å²) >= 11 is 0. The number of para-hydroxylation sites is 1. The third-order valence-corrected chi connectivity index (χ3v) is 3.12. The molecule has 0 radical (unpaired) electrons. The molecule has 0 amide bonds. The van der Waals surface area contributed by atoms with Gasteiger partial charge in [-0.3, -0.25) is 0 Å². The molecule has 0 unspecified atom stereocenters. The molecule has 0 aromatic heterocycles.